The molecule has 1 rings (SSSR count). The summed E-state index contributed by atoms with van der Waals surface area (Å²) >= 11 is 1.68. The van der Waals surface area contributed by atoms with Gasteiger partial charge in [-0.1, -0.05) is 26.7 Å². The zero-order valence-electron chi connectivity index (χ0n) is 9.35. The van der Waals surface area contributed by atoms with Gasteiger partial charge in [-0.25, -0.2) is 4.98 Å². The van der Waals surface area contributed by atoms with Gasteiger partial charge in [0, 0.05) is 4.88 Å². The van der Waals surface area contributed by atoms with Gasteiger partial charge < -0.3 is 5.32 Å². The highest BCUT2D eigenvalue weighted by atomic mass is 32.1. The van der Waals surface area contributed by atoms with Gasteiger partial charge >= 0.3 is 0 Å². The molecule has 0 aliphatic heterocycles. The Hall–Kier alpha value is -1.01. The van der Waals surface area contributed by atoms with Crippen LogP contribution in [0.25, 0.3) is 0 Å². The molecule has 0 unspecified atom stereocenters. The number of aryl methyl sites for hydroxylation is 2. The monoisotopic (exact) mass is 210 g/mol. The van der Waals surface area contributed by atoms with Crippen LogP contribution in [0.2, 0.25) is 0 Å². The van der Waals surface area contributed by atoms with E-state index in [1.54, 1.807) is 11.3 Å². The smallest absolute Gasteiger partial charge is 0.183 e. The van der Waals surface area contributed by atoms with Crippen molar-refractivity contribution in [3.8, 4) is 12.3 Å². The van der Waals surface area contributed by atoms with Crippen LogP contribution in [0.4, 0.5) is 5.13 Å². The number of rotatable bonds is 3. The Morgan fingerprint density at radius 3 is 2.57 bits per heavy atom. The first-order chi connectivity index (χ1) is 6.77. The van der Waals surface area contributed by atoms with Crippen molar-refractivity contribution in [1.29, 1.82) is 0 Å². The maximum atomic E-state index is 5.12. The van der Waals surface area contributed by atoms with E-state index >= 15 is 0 Å². The van der Waals surface area contributed by atoms with Crippen molar-refractivity contribution >= 4 is 16.5 Å². The Labute approximate surface area is 90.8 Å². The lowest BCUT2D eigenvalue weighted by molar-refractivity contribution is 1.11. The summed E-state index contributed by atoms with van der Waals surface area (Å²) in [5.41, 5.74) is 1.11. The van der Waals surface area contributed by atoms with Gasteiger partial charge in [0.25, 0.3) is 0 Å². The van der Waals surface area contributed by atoms with E-state index in [-0.39, 0.29) is 0 Å². The number of terminal acetylenes is 1. The summed E-state index contributed by atoms with van der Waals surface area (Å²) in [4.78, 5) is 5.66. The minimum absolute atomic E-state index is 0.552. The quantitative estimate of drug-likeness (QED) is 0.775. The molecule has 1 N–H and O–H groups in total. The fraction of sp³-hybridized carbons (Fsp3) is 0.545. The van der Waals surface area contributed by atoms with Gasteiger partial charge in [-0.2, -0.15) is 0 Å². The molecule has 78 valence electrons. The SMILES string of the molecule is C#CCNc1nc(C)c(CC)s1.CC. The van der Waals surface area contributed by atoms with Gasteiger partial charge in [-0.3, -0.25) is 0 Å². The van der Waals surface area contributed by atoms with Gasteiger partial charge in [0.15, 0.2) is 5.13 Å². The number of hydrogen-bond donors (Lipinski definition) is 1. The third kappa shape index (κ3) is 3.80. The minimum Gasteiger partial charge on any atom is -0.351 e. The molecule has 0 aliphatic rings. The van der Waals surface area contributed by atoms with Crippen molar-refractivity contribution < 1.29 is 0 Å². The highest BCUT2D eigenvalue weighted by Gasteiger charge is 2.03. The molecule has 3 heteroatoms. The molecule has 0 radical (unpaired) electrons. The van der Waals surface area contributed by atoms with Crippen molar-refractivity contribution in [2.75, 3.05) is 11.9 Å². The molecule has 0 saturated heterocycles. The van der Waals surface area contributed by atoms with Gasteiger partial charge in [0.2, 0.25) is 0 Å². The Balaban J connectivity index is 0.000000791. The van der Waals surface area contributed by atoms with E-state index in [0.717, 1.165) is 17.2 Å². The average molecular weight is 210 g/mol. The summed E-state index contributed by atoms with van der Waals surface area (Å²) in [6, 6.07) is 0. The first-order valence-corrected chi connectivity index (χ1v) is 5.73. The summed E-state index contributed by atoms with van der Waals surface area (Å²) in [6.07, 6.45) is 6.16. The first kappa shape index (κ1) is 13.0. The molecule has 0 atom stereocenters. The van der Waals surface area contributed by atoms with E-state index in [9.17, 15) is 0 Å². The lowest BCUT2D eigenvalue weighted by Gasteiger charge is -1.92. The number of aromatic nitrogens is 1. The van der Waals surface area contributed by atoms with Crippen LogP contribution < -0.4 is 5.32 Å². The molecule has 0 spiro atoms. The second-order valence-corrected chi connectivity index (χ2v) is 3.52. The van der Waals surface area contributed by atoms with Crippen LogP contribution in [0.15, 0.2) is 0 Å². The third-order valence-corrected chi connectivity index (χ3v) is 2.81. The largest absolute Gasteiger partial charge is 0.351 e. The standard InChI is InChI=1S/C9H12N2S.C2H6/c1-4-6-10-9-11-7(3)8(5-2)12-9;1-2/h1H,5-6H2,2-3H3,(H,10,11);1-2H3. The Morgan fingerprint density at radius 1 is 1.50 bits per heavy atom. The maximum Gasteiger partial charge on any atom is 0.183 e. The lowest BCUT2D eigenvalue weighted by Crippen LogP contribution is -1.96. The topological polar surface area (TPSA) is 24.9 Å². The van der Waals surface area contributed by atoms with E-state index in [0.29, 0.717) is 6.54 Å². The van der Waals surface area contributed by atoms with Crippen LogP contribution in [-0.4, -0.2) is 11.5 Å². The molecule has 0 aromatic carbocycles. The summed E-state index contributed by atoms with van der Waals surface area (Å²) < 4.78 is 0. The molecule has 1 aromatic rings. The van der Waals surface area contributed by atoms with Crippen LogP contribution >= 0.6 is 11.3 Å². The molecule has 0 fully saturated rings. The fourth-order valence-electron chi connectivity index (χ4n) is 0.958. The second-order valence-electron chi connectivity index (χ2n) is 2.44. The fourth-order valence-corrected chi connectivity index (χ4v) is 1.86. The van der Waals surface area contributed by atoms with Crippen molar-refractivity contribution in [2.45, 2.75) is 34.1 Å². The highest BCUT2D eigenvalue weighted by molar-refractivity contribution is 7.15. The average Bonchev–Trinajstić information content (AvgIpc) is 2.59. The number of nitrogens with one attached hydrogen (secondary N) is 1. The van der Waals surface area contributed by atoms with Crippen LogP contribution in [0.5, 0.6) is 0 Å². The Bertz CT molecular complexity index is 297. The predicted molar refractivity (Wildman–Crippen MR) is 64.9 cm³/mol. The Morgan fingerprint density at radius 2 is 2.14 bits per heavy atom. The maximum absolute atomic E-state index is 5.12. The van der Waals surface area contributed by atoms with Crippen LogP contribution in [0.1, 0.15) is 31.3 Å². The minimum atomic E-state index is 0.552. The zero-order valence-corrected chi connectivity index (χ0v) is 10.2. The first-order valence-electron chi connectivity index (χ1n) is 4.91. The van der Waals surface area contributed by atoms with E-state index in [1.807, 2.05) is 20.8 Å². The molecule has 1 aromatic heterocycles. The molecule has 0 aliphatic carbocycles. The molecule has 14 heavy (non-hydrogen) atoms. The summed E-state index contributed by atoms with van der Waals surface area (Å²) in [5, 5.41) is 3.99. The second kappa shape index (κ2) is 7.40. The normalized spacial score (nSPS) is 8.50. The molecule has 0 saturated carbocycles. The predicted octanol–water partition coefficient (Wildman–Crippen LogP) is 3.09. The zero-order chi connectivity index (χ0) is 11.0. The van der Waals surface area contributed by atoms with E-state index in [2.05, 4.69) is 23.1 Å². The summed E-state index contributed by atoms with van der Waals surface area (Å²) in [6.45, 7) is 8.71. The van der Waals surface area contributed by atoms with Crippen molar-refractivity contribution in [3.05, 3.63) is 10.6 Å². The van der Waals surface area contributed by atoms with Gasteiger partial charge in [0.05, 0.1) is 12.2 Å². The van der Waals surface area contributed by atoms with Crippen molar-refractivity contribution in [1.82, 2.24) is 4.98 Å². The number of nitrogens with zero attached hydrogens (tertiary/aromatic N) is 1. The van der Waals surface area contributed by atoms with E-state index in [4.69, 9.17) is 6.42 Å². The molecule has 2 nitrogen and oxygen atoms in total. The number of thiazole rings is 1. The van der Waals surface area contributed by atoms with Gasteiger partial charge in [0.1, 0.15) is 0 Å². The highest BCUT2D eigenvalue weighted by Crippen LogP contribution is 2.22. The number of hydrogen-bond acceptors (Lipinski definition) is 3. The molecule has 0 amide bonds. The van der Waals surface area contributed by atoms with E-state index < -0.39 is 0 Å². The summed E-state index contributed by atoms with van der Waals surface area (Å²) in [5.74, 6) is 2.52. The van der Waals surface area contributed by atoms with Crippen LogP contribution in [0, 0.1) is 19.3 Å². The van der Waals surface area contributed by atoms with Crippen molar-refractivity contribution in [3.63, 3.8) is 0 Å². The van der Waals surface area contributed by atoms with E-state index in [1.165, 1.54) is 4.88 Å². The third-order valence-electron chi connectivity index (χ3n) is 1.56. The van der Waals surface area contributed by atoms with Crippen LogP contribution in [-0.2, 0) is 6.42 Å². The molecular formula is C11H18N2S. The van der Waals surface area contributed by atoms with Gasteiger partial charge in [-0.05, 0) is 13.3 Å². The lowest BCUT2D eigenvalue weighted by atomic mass is 10.3. The molecule has 1 heterocycles. The molecule has 0 bridgehead atoms. The van der Waals surface area contributed by atoms with Crippen LogP contribution in [0.3, 0.4) is 0 Å². The van der Waals surface area contributed by atoms with Gasteiger partial charge in [-0.15, -0.1) is 17.8 Å². The molecular weight excluding hydrogens is 192 g/mol. The number of anilines is 1. The Kier molecular flexibility index (Phi) is 6.87. The summed E-state index contributed by atoms with van der Waals surface area (Å²) in [7, 11) is 0. The van der Waals surface area contributed by atoms with Crippen molar-refractivity contribution in [2.24, 2.45) is 0 Å².